The second-order valence-electron chi connectivity index (χ2n) is 9.30. The normalized spacial score (nSPS) is 17.4. The van der Waals surface area contributed by atoms with Crippen molar-refractivity contribution in [1.82, 2.24) is 14.9 Å². The van der Waals surface area contributed by atoms with Crippen LogP contribution in [0.2, 0.25) is 0 Å². The molecule has 1 saturated heterocycles. The summed E-state index contributed by atoms with van der Waals surface area (Å²) in [7, 11) is 0. The molecule has 5 rings (SSSR count). The highest BCUT2D eigenvalue weighted by molar-refractivity contribution is 7.80. The van der Waals surface area contributed by atoms with Crippen LogP contribution in [0.1, 0.15) is 52.8 Å². The molecule has 0 radical (unpaired) electrons. The van der Waals surface area contributed by atoms with Crippen molar-refractivity contribution in [1.29, 1.82) is 0 Å². The molecule has 2 aromatic carbocycles. The molecule has 1 aliphatic rings. The summed E-state index contributed by atoms with van der Waals surface area (Å²) in [4.78, 5) is 6.93. The molecule has 0 amide bonds. The summed E-state index contributed by atoms with van der Waals surface area (Å²) in [6.45, 7) is 11.4. The minimum atomic E-state index is -0.0853. The van der Waals surface area contributed by atoms with Crippen molar-refractivity contribution in [2.75, 3.05) is 11.5 Å². The van der Waals surface area contributed by atoms with Crippen molar-refractivity contribution >= 4 is 23.0 Å². The maximum Gasteiger partial charge on any atom is 0.174 e. The van der Waals surface area contributed by atoms with Gasteiger partial charge in [-0.1, -0.05) is 18.2 Å². The number of pyridine rings is 1. The van der Waals surface area contributed by atoms with Crippen molar-refractivity contribution < 1.29 is 4.74 Å². The standard InChI is InChI=1S/C30H32N4OS/c1-6-35-24-15-13-23(14-16-24)34-29(28(32-30(34)36)26-11-7-8-17-31-26)25-18-20(3)33(22(25)5)27-12-9-10-19(2)21(27)4/h7-18,28-29H,6H2,1-5H3,(H,32,36)/t28-,29-/m0/s1. The van der Waals surface area contributed by atoms with E-state index in [4.69, 9.17) is 21.9 Å². The van der Waals surface area contributed by atoms with Gasteiger partial charge in [-0.3, -0.25) is 4.98 Å². The Morgan fingerprint density at radius 1 is 0.972 bits per heavy atom. The Hall–Kier alpha value is -3.64. The third-order valence-electron chi connectivity index (χ3n) is 7.13. The number of thiocarbonyl (C=S) groups is 1. The highest BCUT2D eigenvalue weighted by Crippen LogP contribution is 2.44. The lowest BCUT2D eigenvalue weighted by molar-refractivity contribution is 0.340. The van der Waals surface area contributed by atoms with Crippen molar-refractivity contribution in [2.24, 2.45) is 0 Å². The van der Waals surface area contributed by atoms with Crippen molar-refractivity contribution in [3.05, 3.63) is 107 Å². The number of ether oxygens (including phenoxy) is 1. The lowest BCUT2D eigenvalue weighted by atomic mass is 9.96. The summed E-state index contributed by atoms with van der Waals surface area (Å²) < 4.78 is 8.05. The molecule has 0 spiro atoms. The molecular weight excluding hydrogens is 464 g/mol. The van der Waals surface area contributed by atoms with E-state index in [-0.39, 0.29) is 12.1 Å². The molecule has 0 bridgehead atoms. The zero-order chi connectivity index (χ0) is 25.4. The van der Waals surface area contributed by atoms with E-state index in [0.717, 1.165) is 17.1 Å². The molecule has 0 saturated carbocycles. The number of nitrogens with one attached hydrogen (secondary N) is 1. The number of benzene rings is 2. The van der Waals surface area contributed by atoms with E-state index < -0.39 is 0 Å². The summed E-state index contributed by atoms with van der Waals surface area (Å²) in [5.74, 6) is 0.852. The lowest BCUT2D eigenvalue weighted by Gasteiger charge is -2.28. The molecule has 1 N–H and O–H groups in total. The van der Waals surface area contributed by atoms with Gasteiger partial charge in [-0.25, -0.2) is 0 Å². The fourth-order valence-corrected chi connectivity index (χ4v) is 5.60. The van der Waals surface area contributed by atoms with E-state index in [9.17, 15) is 0 Å². The van der Waals surface area contributed by atoms with E-state index >= 15 is 0 Å². The largest absolute Gasteiger partial charge is 0.494 e. The van der Waals surface area contributed by atoms with Crippen LogP contribution in [0.25, 0.3) is 5.69 Å². The highest BCUT2D eigenvalue weighted by Gasteiger charge is 2.42. The lowest BCUT2D eigenvalue weighted by Crippen LogP contribution is -2.29. The van der Waals surface area contributed by atoms with Gasteiger partial charge in [0.1, 0.15) is 5.75 Å². The first-order valence-electron chi connectivity index (χ1n) is 12.4. The molecule has 36 heavy (non-hydrogen) atoms. The zero-order valence-corrected chi connectivity index (χ0v) is 22.3. The smallest absolute Gasteiger partial charge is 0.174 e. The van der Waals surface area contributed by atoms with Crippen LogP contribution in [0.4, 0.5) is 5.69 Å². The maximum absolute atomic E-state index is 5.92. The molecule has 3 heterocycles. The van der Waals surface area contributed by atoms with Crippen LogP contribution in [0.3, 0.4) is 0 Å². The van der Waals surface area contributed by atoms with Crippen LogP contribution in [0.15, 0.2) is 72.9 Å². The number of rotatable bonds is 6. The van der Waals surface area contributed by atoms with E-state index in [2.05, 4.69) is 84.9 Å². The molecule has 2 atom stereocenters. The van der Waals surface area contributed by atoms with E-state index in [1.165, 1.54) is 33.8 Å². The third-order valence-corrected chi connectivity index (χ3v) is 7.44. The Balaban J connectivity index is 1.66. The maximum atomic E-state index is 5.92. The van der Waals surface area contributed by atoms with Gasteiger partial charge in [0.05, 0.1) is 24.4 Å². The van der Waals surface area contributed by atoms with Crippen molar-refractivity contribution in [3.63, 3.8) is 0 Å². The minimum Gasteiger partial charge on any atom is -0.494 e. The fraction of sp³-hybridized carbons (Fsp3) is 0.267. The molecule has 1 aliphatic heterocycles. The van der Waals surface area contributed by atoms with Crippen LogP contribution in [-0.4, -0.2) is 21.3 Å². The van der Waals surface area contributed by atoms with Crippen LogP contribution >= 0.6 is 12.2 Å². The van der Waals surface area contributed by atoms with Gasteiger partial charge in [0.15, 0.2) is 5.11 Å². The second-order valence-corrected chi connectivity index (χ2v) is 9.69. The number of hydrogen-bond acceptors (Lipinski definition) is 3. The monoisotopic (exact) mass is 496 g/mol. The van der Waals surface area contributed by atoms with Gasteiger partial charge in [-0.15, -0.1) is 0 Å². The molecule has 2 aromatic heterocycles. The SMILES string of the molecule is CCOc1ccc(N2C(=S)N[C@@H](c3ccccn3)[C@@H]2c2cc(C)n(-c3cccc(C)c3C)c2C)cc1. The summed E-state index contributed by atoms with van der Waals surface area (Å²) in [5, 5.41) is 4.27. The molecule has 5 nitrogen and oxygen atoms in total. The van der Waals surface area contributed by atoms with Gasteiger partial charge >= 0.3 is 0 Å². The summed E-state index contributed by atoms with van der Waals surface area (Å²) in [6, 6.07) is 22.9. The molecule has 0 aliphatic carbocycles. The second kappa shape index (κ2) is 9.78. The van der Waals surface area contributed by atoms with Crippen molar-refractivity contribution in [3.8, 4) is 11.4 Å². The fourth-order valence-electron chi connectivity index (χ4n) is 5.25. The molecule has 184 valence electrons. The molecule has 0 unspecified atom stereocenters. The minimum absolute atomic E-state index is 0.0598. The van der Waals surface area contributed by atoms with Gasteiger partial charge in [0, 0.05) is 29.0 Å². The topological polar surface area (TPSA) is 42.3 Å². The zero-order valence-electron chi connectivity index (χ0n) is 21.4. The van der Waals surface area contributed by atoms with Gasteiger partial charge in [0.2, 0.25) is 0 Å². The van der Waals surface area contributed by atoms with Crippen LogP contribution < -0.4 is 15.0 Å². The average molecular weight is 497 g/mol. The first-order chi connectivity index (χ1) is 17.4. The highest BCUT2D eigenvalue weighted by atomic mass is 32.1. The Morgan fingerprint density at radius 2 is 1.75 bits per heavy atom. The van der Waals surface area contributed by atoms with Crippen LogP contribution in [-0.2, 0) is 0 Å². The van der Waals surface area contributed by atoms with Gasteiger partial charge in [-0.2, -0.15) is 0 Å². The number of aryl methyl sites for hydroxylation is 2. The number of aromatic nitrogens is 2. The number of hydrogen-bond donors (Lipinski definition) is 1. The van der Waals surface area contributed by atoms with Crippen molar-refractivity contribution in [2.45, 2.75) is 46.7 Å². The van der Waals surface area contributed by atoms with Gasteiger partial charge < -0.3 is 19.5 Å². The van der Waals surface area contributed by atoms with Gasteiger partial charge in [0.25, 0.3) is 0 Å². The predicted octanol–water partition coefficient (Wildman–Crippen LogP) is 6.68. The summed E-state index contributed by atoms with van der Waals surface area (Å²) in [5.41, 5.74) is 9.40. The quantitative estimate of drug-likeness (QED) is 0.302. The molecule has 4 aromatic rings. The molecular formula is C30H32N4OS. The first kappa shape index (κ1) is 24.1. The Labute approximate surface area is 218 Å². The van der Waals surface area contributed by atoms with E-state index in [1.807, 2.05) is 37.4 Å². The van der Waals surface area contributed by atoms with E-state index in [1.54, 1.807) is 0 Å². The number of anilines is 1. The average Bonchev–Trinajstić information content (AvgIpc) is 3.37. The third kappa shape index (κ3) is 4.16. The summed E-state index contributed by atoms with van der Waals surface area (Å²) >= 11 is 5.92. The Morgan fingerprint density at radius 3 is 2.44 bits per heavy atom. The summed E-state index contributed by atoms with van der Waals surface area (Å²) in [6.07, 6.45) is 1.84. The Bertz CT molecular complexity index is 1390. The molecule has 6 heteroatoms. The first-order valence-corrected chi connectivity index (χ1v) is 12.8. The van der Waals surface area contributed by atoms with Crippen LogP contribution in [0.5, 0.6) is 5.75 Å². The van der Waals surface area contributed by atoms with E-state index in [0.29, 0.717) is 11.7 Å². The predicted molar refractivity (Wildman–Crippen MR) is 150 cm³/mol. The van der Waals surface area contributed by atoms with Gasteiger partial charge in [-0.05, 0) is 112 Å². The number of nitrogens with zero attached hydrogens (tertiary/aromatic N) is 3. The Kier molecular flexibility index (Phi) is 6.54. The van der Waals surface area contributed by atoms with Crippen LogP contribution in [0, 0.1) is 27.7 Å². The molecule has 1 fully saturated rings.